The highest BCUT2D eigenvalue weighted by Gasteiger charge is 2.21. The van der Waals surface area contributed by atoms with Gasteiger partial charge in [0.05, 0.1) is 16.6 Å². The number of hydrogen-bond donors (Lipinski definition) is 0. The molecule has 1 aliphatic rings. The van der Waals surface area contributed by atoms with Crippen LogP contribution in [0.15, 0.2) is 29.1 Å². The van der Waals surface area contributed by atoms with Crippen molar-refractivity contribution in [3.63, 3.8) is 0 Å². The van der Waals surface area contributed by atoms with E-state index in [1.54, 1.807) is 13.3 Å². The summed E-state index contributed by atoms with van der Waals surface area (Å²) in [5.74, 6) is 2.38. The van der Waals surface area contributed by atoms with Crippen molar-refractivity contribution in [2.45, 2.75) is 0 Å². The van der Waals surface area contributed by atoms with Crippen LogP contribution in [0.4, 0.5) is 11.6 Å². The molecular weight excluding hydrogens is 370 g/mol. The lowest BCUT2D eigenvalue weighted by molar-refractivity contribution is 0.396. The number of methoxy groups -OCH3 is 1. The summed E-state index contributed by atoms with van der Waals surface area (Å²) < 4.78 is 6.06. The first-order valence-electron chi connectivity index (χ1n) is 6.84. The molecule has 2 aromatic heterocycles. The lowest BCUT2D eigenvalue weighted by Crippen LogP contribution is -2.47. The van der Waals surface area contributed by atoms with Gasteiger partial charge >= 0.3 is 0 Å². The summed E-state index contributed by atoms with van der Waals surface area (Å²) >= 11 is 9.46. The van der Waals surface area contributed by atoms with E-state index in [1.165, 1.54) is 6.33 Å². The second kappa shape index (κ2) is 6.66. The number of hydrogen-bond acceptors (Lipinski definition) is 6. The molecule has 0 amide bonds. The maximum Gasteiger partial charge on any atom is 0.218 e. The highest BCUT2D eigenvalue weighted by atomic mass is 79.9. The summed E-state index contributed by atoms with van der Waals surface area (Å²) in [6.07, 6.45) is 3.20. The van der Waals surface area contributed by atoms with Gasteiger partial charge in [-0.2, -0.15) is 0 Å². The van der Waals surface area contributed by atoms with E-state index >= 15 is 0 Å². The van der Waals surface area contributed by atoms with Gasteiger partial charge in [0.25, 0.3) is 0 Å². The molecule has 0 atom stereocenters. The van der Waals surface area contributed by atoms with Crippen molar-refractivity contribution >= 4 is 39.2 Å². The van der Waals surface area contributed by atoms with Crippen LogP contribution in [0.25, 0.3) is 0 Å². The first-order valence-corrected chi connectivity index (χ1v) is 8.01. The van der Waals surface area contributed by atoms with Gasteiger partial charge in [-0.1, -0.05) is 11.6 Å². The number of rotatable bonds is 3. The van der Waals surface area contributed by atoms with E-state index in [-0.39, 0.29) is 0 Å². The topological polar surface area (TPSA) is 54.4 Å². The highest BCUT2D eigenvalue weighted by molar-refractivity contribution is 9.10. The first-order chi connectivity index (χ1) is 10.7. The molecule has 0 saturated carbocycles. The fourth-order valence-electron chi connectivity index (χ4n) is 2.40. The fraction of sp³-hybridized carbons (Fsp3) is 0.357. The number of ether oxygens (including phenoxy) is 1. The zero-order chi connectivity index (χ0) is 15.5. The standard InChI is InChI=1S/C14H15BrClN5O/c1-22-13-7-12(18-9-19-13)20-2-4-21(5-3-20)14-11(15)6-10(16)8-17-14/h6-9H,2-5H2,1H3. The van der Waals surface area contributed by atoms with Crippen molar-refractivity contribution < 1.29 is 4.74 Å². The van der Waals surface area contributed by atoms with E-state index in [1.807, 2.05) is 12.1 Å². The van der Waals surface area contributed by atoms with Crippen molar-refractivity contribution in [1.82, 2.24) is 15.0 Å². The van der Waals surface area contributed by atoms with Gasteiger partial charge < -0.3 is 14.5 Å². The van der Waals surface area contributed by atoms with Gasteiger partial charge in [0, 0.05) is 38.4 Å². The van der Waals surface area contributed by atoms with Crippen molar-refractivity contribution in [3.8, 4) is 5.88 Å². The molecule has 1 aliphatic heterocycles. The molecule has 0 radical (unpaired) electrons. The summed E-state index contributed by atoms with van der Waals surface area (Å²) in [4.78, 5) is 17.2. The van der Waals surface area contributed by atoms with Gasteiger partial charge in [0.1, 0.15) is 18.0 Å². The maximum atomic E-state index is 5.94. The third-order valence-corrected chi connectivity index (χ3v) is 4.32. The Morgan fingerprint density at radius 1 is 1.09 bits per heavy atom. The Hall–Kier alpha value is -1.60. The van der Waals surface area contributed by atoms with Crippen LogP contribution in [-0.4, -0.2) is 48.2 Å². The number of nitrogens with zero attached hydrogens (tertiary/aromatic N) is 5. The zero-order valence-corrected chi connectivity index (χ0v) is 14.4. The summed E-state index contributed by atoms with van der Waals surface area (Å²) in [6, 6.07) is 3.72. The van der Waals surface area contributed by atoms with Gasteiger partial charge in [-0.05, 0) is 22.0 Å². The number of pyridine rings is 1. The van der Waals surface area contributed by atoms with Crippen molar-refractivity contribution in [2.24, 2.45) is 0 Å². The molecule has 22 heavy (non-hydrogen) atoms. The van der Waals surface area contributed by atoms with Crippen LogP contribution in [0.3, 0.4) is 0 Å². The Balaban J connectivity index is 1.69. The fourth-order valence-corrected chi connectivity index (χ4v) is 3.29. The summed E-state index contributed by atoms with van der Waals surface area (Å²) in [5.41, 5.74) is 0. The molecule has 1 fully saturated rings. The summed E-state index contributed by atoms with van der Waals surface area (Å²) in [7, 11) is 1.60. The highest BCUT2D eigenvalue weighted by Crippen LogP contribution is 2.28. The van der Waals surface area contributed by atoms with Gasteiger partial charge in [-0.3, -0.25) is 0 Å². The molecule has 0 N–H and O–H groups in total. The molecule has 116 valence electrons. The predicted octanol–water partition coefficient (Wildman–Crippen LogP) is 2.62. The molecule has 3 rings (SSSR count). The van der Waals surface area contributed by atoms with E-state index < -0.39 is 0 Å². The Kier molecular flexibility index (Phi) is 4.63. The number of anilines is 2. The van der Waals surface area contributed by atoms with Gasteiger partial charge in [-0.15, -0.1) is 0 Å². The Labute approximate surface area is 142 Å². The van der Waals surface area contributed by atoms with E-state index in [2.05, 4.69) is 40.7 Å². The van der Waals surface area contributed by atoms with Crippen molar-refractivity contribution in [3.05, 3.63) is 34.2 Å². The molecule has 0 bridgehead atoms. The molecule has 6 nitrogen and oxygen atoms in total. The van der Waals surface area contributed by atoms with Crippen LogP contribution >= 0.6 is 27.5 Å². The Morgan fingerprint density at radius 3 is 2.50 bits per heavy atom. The van der Waals surface area contributed by atoms with E-state index in [4.69, 9.17) is 16.3 Å². The minimum atomic E-state index is 0.578. The minimum absolute atomic E-state index is 0.578. The van der Waals surface area contributed by atoms with Crippen molar-refractivity contribution in [2.75, 3.05) is 43.1 Å². The van der Waals surface area contributed by atoms with Gasteiger partial charge in [0.15, 0.2) is 0 Å². The van der Waals surface area contributed by atoms with E-state index in [0.29, 0.717) is 10.9 Å². The van der Waals surface area contributed by atoms with Crippen LogP contribution in [0.5, 0.6) is 5.88 Å². The molecule has 0 unspecified atom stereocenters. The SMILES string of the molecule is COc1cc(N2CCN(c3ncc(Cl)cc3Br)CC2)ncn1. The average Bonchev–Trinajstić information content (AvgIpc) is 2.55. The second-order valence-electron chi connectivity index (χ2n) is 4.85. The molecule has 0 aliphatic carbocycles. The molecule has 0 spiro atoms. The third-order valence-electron chi connectivity index (χ3n) is 3.53. The summed E-state index contributed by atoms with van der Waals surface area (Å²) in [6.45, 7) is 3.44. The molecule has 8 heteroatoms. The zero-order valence-electron chi connectivity index (χ0n) is 12.0. The third kappa shape index (κ3) is 3.25. The van der Waals surface area contributed by atoms with Crippen LogP contribution in [0.2, 0.25) is 5.02 Å². The van der Waals surface area contributed by atoms with Crippen LogP contribution in [0, 0.1) is 0 Å². The lowest BCUT2D eigenvalue weighted by atomic mass is 10.3. The normalized spacial score (nSPS) is 15.0. The first kappa shape index (κ1) is 15.3. The molecule has 0 aromatic carbocycles. The largest absolute Gasteiger partial charge is 0.481 e. The van der Waals surface area contributed by atoms with Gasteiger partial charge in [-0.25, -0.2) is 15.0 Å². The number of halogens is 2. The molecule has 2 aromatic rings. The average molecular weight is 385 g/mol. The van der Waals surface area contributed by atoms with E-state index in [0.717, 1.165) is 42.3 Å². The van der Waals surface area contributed by atoms with Crippen LogP contribution in [0.1, 0.15) is 0 Å². The number of piperazine rings is 1. The lowest BCUT2D eigenvalue weighted by Gasteiger charge is -2.36. The van der Waals surface area contributed by atoms with Gasteiger partial charge in [0.2, 0.25) is 5.88 Å². The predicted molar refractivity (Wildman–Crippen MR) is 90.0 cm³/mol. The maximum absolute atomic E-state index is 5.94. The van der Waals surface area contributed by atoms with Crippen molar-refractivity contribution in [1.29, 1.82) is 0 Å². The van der Waals surface area contributed by atoms with Crippen LogP contribution in [-0.2, 0) is 0 Å². The smallest absolute Gasteiger partial charge is 0.218 e. The van der Waals surface area contributed by atoms with E-state index in [9.17, 15) is 0 Å². The molecule has 3 heterocycles. The second-order valence-corrected chi connectivity index (χ2v) is 6.14. The van der Waals surface area contributed by atoms with Crippen LogP contribution < -0.4 is 14.5 Å². The Morgan fingerprint density at radius 2 is 1.82 bits per heavy atom. The summed E-state index contributed by atoms with van der Waals surface area (Å²) in [5, 5.41) is 0.627. The monoisotopic (exact) mass is 383 g/mol. The number of aromatic nitrogens is 3. The molecule has 1 saturated heterocycles. The molecular formula is C14H15BrClN5O. The minimum Gasteiger partial charge on any atom is -0.481 e. The quantitative estimate of drug-likeness (QED) is 0.811. The Bertz CT molecular complexity index is 663.